The summed E-state index contributed by atoms with van der Waals surface area (Å²) in [7, 11) is 1.46. The van der Waals surface area contributed by atoms with Crippen LogP contribution in [-0.4, -0.2) is 25.7 Å². The van der Waals surface area contributed by atoms with E-state index in [1.807, 2.05) is 0 Å². The van der Waals surface area contributed by atoms with Gasteiger partial charge < -0.3 is 10.6 Å². The van der Waals surface area contributed by atoms with E-state index in [-0.39, 0.29) is 18.0 Å². The van der Waals surface area contributed by atoms with Gasteiger partial charge in [0.05, 0.1) is 5.41 Å². The zero-order valence-corrected chi connectivity index (χ0v) is 11.7. The van der Waals surface area contributed by atoms with Crippen molar-refractivity contribution in [1.82, 2.24) is 10.6 Å². The van der Waals surface area contributed by atoms with E-state index in [1.54, 1.807) is 32.0 Å². The van der Waals surface area contributed by atoms with E-state index in [0.29, 0.717) is 0 Å². The topological polar surface area (TPSA) is 41.1 Å². The molecule has 0 spiro atoms. The van der Waals surface area contributed by atoms with E-state index in [9.17, 15) is 18.0 Å². The van der Waals surface area contributed by atoms with E-state index >= 15 is 0 Å². The molecule has 0 fully saturated rings. The van der Waals surface area contributed by atoms with Crippen LogP contribution < -0.4 is 10.6 Å². The lowest BCUT2D eigenvalue weighted by Gasteiger charge is -2.28. The van der Waals surface area contributed by atoms with Crippen LogP contribution in [0.5, 0.6) is 0 Å². The zero-order chi connectivity index (χ0) is 15.4. The second-order valence-corrected chi connectivity index (χ2v) is 5.23. The Hall–Kier alpha value is -1.56. The average molecular weight is 288 g/mol. The molecular formula is C14H19F3N2O. The van der Waals surface area contributed by atoms with Gasteiger partial charge in [-0.15, -0.1) is 0 Å². The highest BCUT2D eigenvalue weighted by Crippen LogP contribution is 2.33. The molecule has 1 unspecified atom stereocenters. The van der Waals surface area contributed by atoms with Crippen molar-refractivity contribution in [3.8, 4) is 0 Å². The Morgan fingerprint density at radius 1 is 1.20 bits per heavy atom. The number of amides is 1. The van der Waals surface area contributed by atoms with E-state index in [2.05, 4.69) is 10.6 Å². The summed E-state index contributed by atoms with van der Waals surface area (Å²) in [4.78, 5) is 11.6. The number of halogens is 3. The van der Waals surface area contributed by atoms with Crippen LogP contribution in [0.25, 0.3) is 0 Å². The second-order valence-electron chi connectivity index (χ2n) is 5.23. The second kappa shape index (κ2) is 6.26. The van der Waals surface area contributed by atoms with E-state index in [0.717, 1.165) is 0 Å². The maximum Gasteiger partial charge on any atom is 0.407 e. The smallest absolute Gasteiger partial charge is 0.359 e. The van der Waals surface area contributed by atoms with Crippen molar-refractivity contribution in [1.29, 1.82) is 0 Å². The third kappa shape index (κ3) is 4.23. The third-order valence-electron chi connectivity index (χ3n) is 3.05. The Morgan fingerprint density at radius 2 is 1.75 bits per heavy atom. The predicted octanol–water partition coefficient (Wildman–Crippen LogP) is 2.65. The van der Waals surface area contributed by atoms with E-state index < -0.39 is 17.6 Å². The summed E-state index contributed by atoms with van der Waals surface area (Å²) in [6.07, 6.45) is -4.42. The Labute approximate surface area is 116 Å². The summed E-state index contributed by atoms with van der Waals surface area (Å²) < 4.78 is 39.3. The standard InChI is InChI=1S/C14H19F3N2O/c1-13(2,12(20)18-3)9-19-11(14(15,16)17)10-7-5-4-6-8-10/h4-8,11,19H,9H2,1-3H3,(H,18,20). The first-order valence-electron chi connectivity index (χ1n) is 6.25. The molecule has 1 atom stereocenters. The number of carbonyl (C=O) groups is 1. The van der Waals surface area contributed by atoms with Gasteiger partial charge in [-0.05, 0) is 19.4 Å². The van der Waals surface area contributed by atoms with Gasteiger partial charge in [0.2, 0.25) is 5.91 Å². The number of alkyl halides is 3. The number of rotatable bonds is 5. The van der Waals surface area contributed by atoms with E-state index in [1.165, 1.54) is 19.2 Å². The van der Waals surface area contributed by atoms with Crippen LogP contribution in [-0.2, 0) is 4.79 Å². The van der Waals surface area contributed by atoms with Gasteiger partial charge in [-0.25, -0.2) is 0 Å². The van der Waals surface area contributed by atoms with Gasteiger partial charge >= 0.3 is 6.18 Å². The molecular weight excluding hydrogens is 269 g/mol. The fourth-order valence-corrected chi connectivity index (χ4v) is 1.84. The minimum absolute atomic E-state index is 0.0776. The molecule has 0 aromatic heterocycles. The number of hydrogen-bond donors (Lipinski definition) is 2. The summed E-state index contributed by atoms with van der Waals surface area (Å²) in [6, 6.07) is 5.81. The van der Waals surface area contributed by atoms with Crippen LogP contribution in [0.4, 0.5) is 13.2 Å². The van der Waals surface area contributed by atoms with Gasteiger partial charge in [0.15, 0.2) is 0 Å². The fourth-order valence-electron chi connectivity index (χ4n) is 1.84. The molecule has 0 radical (unpaired) electrons. The SMILES string of the molecule is CNC(=O)C(C)(C)CNC(c1ccccc1)C(F)(F)F. The minimum Gasteiger partial charge on any atom is -0.359 e. The van der Waals surface area contributed by atoms with Crippen LogP contribution in [0.1, 0.15) is 25.5 Å². The van der Waals surface area contributed by atoms with Gasteiger partial charge in [-0.2, -0.15) is 13.2 Å². The van der Waals surface area contributed by atoms with Crippen LogP contribution in [0, 0.1) is 5.41 Å². The van der Waals surface area contributed by atoms with Crippen molar-refractivity contribution in [3.05, 3.63) is 35.9 Å². The minimum atomic E-state index is -4.42. The maximum atomic E-state index is 13.1. The molecule has 1 rings (SSSR count). The van der Waals surface area contributed by atoms with Crippen LogP contribution in [0.2, 0.25) is 0 Å². The number of hydrogen-bond acceptors (Lipinski definition) is 2. The molecule has 2 N–H and O–H groups in total. The molecule has 0 saturated carbocycles. The average Bonchev–Trinajstić information content (AvgIpc) is 2.37. The molecule has 1 amide bonds. The Balaban J connectivity index is 2.86. The van der Waals surface area contributed by atoms with Gasteiger partial charge in [0.1, 0.15) is 6.04 Å². The first-order valence-corrected chi connectivity index (χ1v) is 6.25. The highest BCUT2D eigenvalue weighted by molar-refractivity contribution is 5.81. The maximum absolute atomic E-state index is 13.1. The first-order chi connectivity index (χ1) is 9.18. The van der Waals surface area contributed by atoms with Gasteiger partial charge in [-0.3, -0.25) is 4.79 Å². The Kier molecular flexibility index (Phi) is 5.16. The molecule has 1 aromatic rings. The van der Waals surface area contributed by atoms with Crippen molar-refractivity contribution in [2.75, 3.05) is 13.6 Å². The van der Waals surface area contributed by atoms with Crippen LogP contribution in [0.3, 0.4) is 0 Å². The Morgan fingerprint density at radius 3 is 2.20 bits per heavy atom. The zero-order valence-electron chi connectivity index (χ0n) is 11.7. The quantitative estimate of drug-likeness (QED) is 0.874. The lowest BCUT2D eigenvalue weighted by molar-refractivity contribution is -0.159. The third-order valence-corrected chi connectivity index (χ3v) is 3.05. The number of nitrogens with one attached hydrogen (secondary N) is 2. The van der Waals surface area contributed by atoms with Crippen molar-refractivity contribution in [2.24, 2.45) is 5.41 Å². The highest BCUT2D eigenvalue weighted by Gasteiger charge is 2.41. The normalized spacial score (nSPS) is 13.9. The van der Waals surface area contributed by atoms with Crippen molar-refractivity contribution in [2.45, 2.75) is 26.1 Å². The molecule has 3 nitrogen and oxygen atoms in total. The van der Waals surface area contributed by atoms with Gasteiger partial charge in [0.25, 0.3) is 0 Å². The predicted molar refractivity (Wildman–Crippen MR) is 71.1 cm³/mol. The highest BCUT2D eigenvalue weighted by atomic mass is 19.4. The molecule has 112 valence electrons. The van der Waals surface area contributed by atoms with Crippen molar-refractivity contribution < 1.29 is 18.0 Å². The lowest BCUT2D eigenvalue weighted by atomic mass is 9.91. The molecule has 1 aromatic carbocycles. The molecule has 0 bridgehead atoms. The molecule has 0 heterocycles. The summed E-state index contributed by atoms with van der Waals surface area (Å²) in [5.74, 6) is -0.306. The largest absolute Gasteiger partial charge is 0.407 e. The molecule has 0 aliphatic carbocycles. The molecule has 0 aliphatic rings. The van der Waals surface area contributed by atoms with Crippen LogP contribution >= 0.6 is 0 Å². The van der Waals surface area contributed by atoms with Gasteiger partial charge in [-0.1, -0.05) is 30.3 Å². The van der Waals surface area contributed by atoms with Gasteiger partial charge in [0, 0.05) is 13.6 Å². The fraction of sp³-hybridized carbons (Fsp3) is 0.500. The molecule has 6 heteroatoms. The summed E-state index contributed by atoms with van der Waals surface area (Å²) in [5, 5.41) is 4.89. The summed E-state index contributed by atoms with van der Waals surface area (Å²) >= 11 is 0. The van der Waals surface area contributed by atoms with Crippen LogP contribution in [0.15, 0.2) is 30.3 Å². The molecule has 0 saturated heterocycles. The van der Waals surface area contributed by atoms with Crippen molar-refractivity contribution >= 4 is 5.91 Å². The lowest BCUT2D eigenvalue weighted by Crippen LogP contribution is -2.45. The summed E-state index contributed by atoms with van der Waals surface area (Å²) in [6.45, 7) is 3.11. The molecule has 0 aliphatic heterocycles. The van der Waals surface area contributed by atoms with E-state index in [4.69, 9.17) is 0 Å². The number of benzene rings is 1. The number of carbonyl (C=O) groups excluding carboxylic acids is 1. The first kappa shape index (κ1) is 16.5. The van der Waals surface area contributed by atoms with Crippen molar-refractivity contribution in [3.63, 3.8) is 0 Å². The molecule has 20 heavy (non-hydrogen) atoms. The Bertz CT molecular complexity index is 443. The monoisotopic (exact) mass is 288 g/mol. The summed E-state index contributed by atoms with van der Waals surface area (Å²) in [5.41, 5.74) is -0.791.